The summed E-state index contributed by atoms with van der Waals surface area (Å²) in [6.45, 7) is 4.58. The highest BCUT2D eigenvalue weighted by atomic mass is 16.6. The molecule has 2 rings (SSSR count). The fourth-order valence-corrected chi connectivity index (χ4v) is 2.60. The molecule has 1 aromatic rings. The molecule has 3 N–H and O–H groups in total. The normalized spacial score (nSPS) is 16.6. The minimum Gasteiger partial charge on any atom is -0.393 e. The van der Waals surface area contributed by atoms with Crippen LogP contribution >= 0.6 is 0 Å². The standard InChI is InChI=1S/C14H20N4O3/c1-10(17-7-2-3-8-17)9-16-14(19)11-5-4-6-12(15)13(11)18(20)21/h4-6,10H,2-3,7-9,15H2,1H3,(H,16,19). The summed E-state index contributed by atoms with van der Waals surface area (Å²) in [5.41, 5.74) is 5.26. The van der Waals surface area contributed by atoms with Gasteiger partial charge >= 0.3 is 5.69 Å². The lowest BCUT2D eigenvalue weighted by Crippen LogP contribution is -2.40. The Morgan fingerprint density at radius 3 is 2.76 bits per heavy atom. The molecule has 7 nitrogen and oxygen atoms in total. The molecular formula is C14H20N4O3. The minimum absolute atomic E-state index is 0.000224. The smallest absolute Gasteiger partial charge is 0.304 e. The lowest BCUT2D eigenvalue weighted by atomic mass is 10.1. The number of nitrogens with zero attached hydrogens (tertiary/aromatic N) is 2. The van der Waals surface area contributed by atoms with Crippen LogP contribution in [0, 0.1) is 10.1 Å². The summed E-state index contributed by atoms with van der Waals surface area (Å²) in [4.78, 5) is 24.9. The Morgan fingerprint density at radius 1 is 1.48 bits per heavy atom. The number of rotatable bonds is 5. The van der Waals surface area contributed by atoms with Gasteiger partial charge in [0.1, 0.15) is 11.3 Å². The van der Waals surface area contributed by atoms with E-state index in [1.54, 1.807) is 6.07 Å². The van der Waals surface area contributed by atoms with E-state index in [0.29, 0.717) is 6.54 Å². The third kappa shape index (κ3) is 3.49. The van der Waals surface area contributed by atoms with E-state index in [0.717, 1.165) is 13.1 Å². The summed E-state index contributed by atoms with van der Waals surface area (Å²) >= 11 is 0. The van der Waals surface area contributed by atoms with Crippen molar-refractivity contribution in [2.45, 2.75) is 25.8 Å². The van der Waals surface area contributed by atoms with Gasteiger partial charge < -0.3 is 11.1 Å². The van der Waals surface area contributed by atoms with Crippen LogP contribution in [0.15, 0.2) is 18.2 Å². The molecule has 0 aromatic heterocycles. The Kier molecular flexibility index (Phi) is 4.74. The average Bonchev–Trinajstić information content (AvgIpc) is 2.97. The first-order chi connectivity index (χ1) is 10.0. The molecule has 1 unspecified atom stereocenters. The molecule has 7 heteroatoms. The number of nitro groups is 1. The van der Waals surface area contributed by atoms with E-state index >= 15 is 0 Å². The first-order valence-electron chi connectivity index (χ1n) is 7.06. The van der Waals surface area contributed by atoms with Crippen molar-refractivity contribution < 1.29 is 9.72 Å². The molecule has 1 heterocycles. The summed E-state index contributed by atoms with van der Waals surface area (Å²) in [7, 11) is 0. The van der Waals surface area contributed by atoms with Crippen LogP contribution in [0.25, 0.3) is 0 Å². The van der Waals surface area contributed by atoms with Gasteiger partial charge in [0.15, 0.2) is 0 Å². The summed E-state index contributed by atoms with van der Waals surface area (Å²) in [5, 5.41) is 13.8. The van der Waals surface area contributed by atoms with E-state index in [2.05, 4.69) is 10.2 Å². The number of para-hydroxylation sites is 1. The number of carbonyl (C=O) groups excluding carboxylic acids is 1. The molecule has 0 aliphatic carbocycles. The summed E-state index contributed by atoms with van der Waals surface area (Å²) in [5.74, 6) is -0.458. The van der Waals surface area contributed by atoms with Crippen LogP contribution in [0.1, 0.15) is 30.1 Å². The third-order valence-corrected chi connectivity index (χ3v) is 3.82. The van der Waals surface area contributed by atoms with Gasteiger partial charge in [-0.2, -0.15) is 0 Å². The SMILES string of the molecule is CC(CNC(=O)c1cccc(N)c1[N+](=O)[O-])N1CCCC1. The zero-order chi connectivity index (χ0) is 15.4. The molecule has 0 bridgehead atoms. The van der Waals surface area contributed by atoms with E-state index < -0.39 is 10.8 Å². The topological polar surface area (TPSA) is 102 Å². The number of nitrogen functional groups attached to an aromatic ring is 1. The first-order valence-corrected chi connectivity index (χ1v) is 7.06. The molecular weight excluding hydrogens is 272 g/mol. The second-order valence-corrected chi connectivity index (χ2v) is 5.30. The number of amides is 1. The first kappa shape index (κ1) is 15.2. The summed E-state index contributed by atoms with van der Waals surface area (Å²) in [6.07, 6.45) is 2.36. The maximum absolute atomic E-state index is 12.2. The molecule has 1 saturated heterocycles. The fraction of sp³-hybridized carbons (Fsp3) is 0.500. The van der Waals surface area contributed by atoms with E-state index in [1.807, 2.05) is 6.92 Å². The minimum atomic E-state index is -0.617. The highest BCUT2D eigenvalue weighted by molar-refractivity contribution is 6.00. The number of nitrogens with two attached hydrogens (primary N) is 1. The van der Waals surface area contributed by atoms with Crippen LogP contribution in [0.3, 0.4) is 0 Å². The lowest BCUT2D eigenvalue weighted by Gasteiger charge is -2.23. The number of hydrogen-bond acceptors (Lipinski definition) is 5. The zero-order valence-corrected chi connectivity index (χ0v) is 12.0. The lowest BCUT2D eigenvalue weighted by molar-refractivity contribution is -0.384. The molecule has 114 valence electrons. The molecule has 1 amide bonds. The second kappa shape index (κ2) is 6.53. The van der Waals surface area contributed by atoms with Crippen LogP contribution in [-0.4, -0.2) is 41.4 Å². The van der Waals surface area contributed by atoms with Crippen LogP contribution < -0.4 is 11.1 Å². The number of nitro benzene ring substituents is 1. The molecule has 1 aromatic carbocycles. The number of benzene rings is 1. The van der Waals surface area contributed by atoms with E-state index in [4.69, 9.17) is 5.73 Å². The molecule has 1 aliphatic rings. The van der Waals surface area contributed by atoms with Gasteiger partial charge in [-0.3, -0.25) is 19.8 Å². The molecule has 1 aliphatic heterocycles. The Hall–Kier alpha value is -2.15. The Morgan fingerprint density at radius 2 is 2.14 bits per heavy atom. The van der Waals surface area contributed by atoms with Crippen LogP contribution in [0.2, 0.25) is 0 Å². The van der Waals surface area contributed by atoms with Gasteiger partial charge in [0.25, 0.3) is 5.91 Å². The highest BCUT2D eigenvalue weighted by Crippen LogP contribution is 2.25. The van der Waals surface area contributed by atoms with Crippen molar-refractivity contribution in [3.05, 3.63) is 33.9 Å². The number of anilines is 1. The summed E-state index contributed by atoms with van der Waals surface area (Å²) in [6, 6.07) is 4.60. The molecule has 21 heavy (non-hydrogen) atoms. The predicted molar refractivity (Wildman–Crippen MR) is 80.1 cm³/mol. The van der Waals surface area contributed by atoms with Gasteiger partial charge in [0, 0.05) is 12.6 Å². The molecule has 0 spiro atoms. The molecule has 0 radical (unpaired) electrons. The molecule has 1 atom stereocenters. The number of carbonyl (C=O) groups is 1. The van der Waals surface area contributed by atoms with E-state index in [1.165, 1.54) is 25.0 Å². The summed E-state index contributed by atoms with van der Waals surface area (Å²) < 4.78 is 0. The number of nitrogens with one attached hydrogen (secondary N) is 1. The maximum Gasteiger partial charge on any atom is 0.304 e. The Labute approximate surface area is 123 Å². The van der Waals surface area contributed by atoms with Crippen LogP contribution in [-0.2, 0) is 0 Å². The van der Waals surface area contributed by atoms with Gasteiger partial charge in [-0.15, -0.1) is 0 Å². The number of likely N-dealkylation sites (tertiary alicyclic amines) is 1. The number of hydrogen-bond donors (Lipinski definition) is 2. The second-order valence-electron chi connectivity index (χ2n) is 5.30. The van der Waals surface area contributed by atoms with Crippen molar-refractivity contribution in [2.24, 2.45) is 0 Å². The third-order valence-electron chi connectivity index (χ3n) is 3.82. The van der Waals surface area contributed by atoms with Gasteiger partial charge in [0.05, 0.1) is 4.92 Å². The zero-order valence-electron chi connectivity index (χ0n) is 12.0. The predicted octanol–water partition coefficient (Wildman–Crippen LogP) is 1.39. The molecule has 1 fully saturated rings. The monoisotopic (exact) mass is 292 g/mol. The van der Waals surface area contributed by atoms with Crippen molar-refractivity contribution in [1.29, 1.82) is 0 Å². The van der Waals surface area contributed by atoms with E-state index in [9.17, 15) is 14.9 Å². The van der Waals surface area contributed by atoms with Gasteiger partial charge in [-0.05, 0) is 45.0 Å². The molecule has 0 saturated carbocycles. The van der Waals surface area contributed by atoms with Crippen molar-refractivity contribution >= 4 is 17.3 Å². The van der Waals surface area contributed by atoms with Gasteiger partial charge in [-0.25, -0.2) is 0 Å². The quantitative estimate of drug-likeness (QED) is 0.485. The highest BCUT2D eigenvalue weighted by Gasteiger charge is 2.24. The van der Waals surface area contributed by atoms with Crippen molar-refractivity contribution in [3.63, 3.8) is 0 Å². The van der Waals surface area contributed by atoms with Crippen LogP contribution in [0.5, 0.6) is 0 Å². The van der Waals surface area contributed by atoms with E-state index in [-0.39, 0.29) is 23.0 Å². The van der Waals surface area contributed by atoms with Gasteiger partial charge in [0.2, 0.25) is 0 Å². The largest absolute Gasteiger partial charge is 0.393 e. The Balaban J connectivity index is 2.03. The average molecular weight is 292 g/mol. The Bertz CT molecular complexity index is 541. The fourth-order valence-electron chi connectivity index (χ4n) is 2.60. The van der Waals surface area contributed by atoms with Crippen molar-refractivity contribution in [3.8, 4) is 0 Å². The van der Waals surface area contributed by atoms with Gasteiger partial charge in [-0.1, -0.05) is 6.07 Å². The van der Waals surface area contributed by atoms with Crippen LogP contribution in [0.4, 0.5) is 11.4 Å². The van der Waals surface area contributed by atoms with Crippen molar-refractivity contribution in [2.75, 3.05) is 25.4 Å². The van der Waals surface area contributed by atoms with Crippen molar-refractivity contribution in [1.82, 2.24) is 10.2 Å². The maximum atomic E-state index is 12.2.